The number of nitrogens with zero attached hydrogens (tertiary/aromatic N) is 1. The molecule has 1 aromatic rings. The molecule has 1 fully saturated rings. The van der Waals surface area contributed by atoms with E-state index in [1.165, 1.54) is 0 Å². The number of ether oxygens (including phenoxy) is 1. The van der Waals surface area contributed by atoms with E-state index in [2.05, 4.69) is 10.1 Å². The number of amides is 1. The summed E-state index contributed by atoms with van der Waals surface area (Å²) in [7, 11) is 0. The fourth-order valence-corrected chi connectivity index (χ4v) is 1.53. The van der Waals surface area contributed by atoms with Crippen LogP contribution in [-0.2, 0) is 4.74 Å². The van der Waals surface area contributed by atoms with Crippen molar-refractivity contribution < 1.29 is 24.7 Å². The lowest BCUT2D eigenvalue weighted by atomic mass is 10.1. The van der Waals surface area contributed by atoms with Gasteiger partial charge in [-0.05, 0) is 11.6 Å². The standard InChI is InChI=1S/C9H8N2O6/c12-7-2-4(5-3-17-9(14)10-5)1-6(8(7)13)11(15)16/h1-2,5,12-13H,3H2,(H,10,14)/t5-/m1/s1. The molecule has 1 aliphatic heterocycles. The summed E-state index contributed by atoms with van der Waals surface area (Å²) in [5, 5.41) is 31.7. The van der Waals surface area contributed by atoms with E-state index in [-0.39, 0.29) is 12.2 Å². The number of carbonyl (C=O) groups excluding carboxylic acids is 1. The van der Waals surface area contributed by atoms with Crippen molar-refractivity contribution in [3.63, 3.8) is 0 Å². The Morgan fingerprint density at radius 3 is 2.71 bits per heavy atom. The maximum atomic E-state index is 10.8. The SMILES string of the molecule is O=C1N[C@@H](c2cc(O)c(O)c([N+](=O)[O-])c2)CO1. The highest BCUT2D eigenvalue weighted by Crippen LogP contribution is 2.38. The van der Waals surface area contributed by atoms with Gasteiger partial charge in [-0.3, -0.25) is 10.1 Å². The molecule has 1 atom stereocenters. The molecule has 0 aliphatic carbocycles. The molecule has 2 rings (SSSR count). The van der Waals surface area contributed by atoms with Crippen LogP contribution in [0.5, 0.6) is 11.5 Å². The van der Waals surface area contributed by atoms with Gasteiger partial charge in [0.05, 0.1) is 11.0 Å². The number of carbonyl (C=O) groups is 1. The first-order valence-corrected chi connectivity index (χ1v) is 4.62. The lowest BCUT2D eigenvalue weighted by molar-refractivity contribution is -0.386. The molecule has 8 nitrogen and oxygen atoms in total. The molecule has 0 radical (unpaired) electrons. The number of nitro benzene ring substituents is 1. The van der Waals surface area contributed by atoms with Crippen LogP contribution in [0.4, 0.5) is 10.5 Å². The normalized spacial score (nSPS) is 18.6. The van der Waals surface area contributed by atoms with Crippen molar-refractivity contribution in [3.8, 4) is 11.5 Å². The summed E-state index contributed by atoms with van der Waals surface area (Å²) < 4.78 is 4.63. The van der Waals surface area contributed by atoms with Gasteiger partial charge < -0.3 is 20.3 Å². The Morgan fingerprint density at radius 2 is 2.18 bits per heavy atom. The molecule has 3 N–H and O–H groups in total. The van der Waals surface area contributed by atoms with Crippen LogP contribution in [0, 0.1) is 10.1 Å². The predicted octanol–water partition coefficient (Wildman–Crippen LogP) is 0.787. The van der Waals surface area contributed by atoms with Crippen LogP contribution in [0.1, 0.15) is 11.6 Å². The lowest BCUT2D eigenvalue weighted by Crippen LogP contribution is -2.18. The lowest BCUT2D eigenvalue weighted by Gasteiger charge is -2.09. The number of hydrogen-bond donors (Lipinski definition) is 3. The molecule has 90 valence electrons. The van der Waals surface area contributed by atoms with Crippen LogP contribution < -0.4 is 5.32 Å². The summed E-state index contributed by atoms with van der Waals surface area (Å²) in [5.74, 6) is -1.42. The minimum atomic E-state index is -0.823. The van der Waals surface area contributed by atoms with Crippen LogP contribution in [0.2, 0.25) is 0 Å². The maximum Gasteiger partial charge on any atom is 0.407 e. The van der Waals surface area contributed by atoms with Crippen molar-refractivity contribution in [1.29, 1.82) is 0 Å². The average molecular weight is 240 g/mol. The minimum Gasteiger partial charge on any atom is -0.504 e. The number of phenolic OH excluding ortho intramolecular Hbond substituents is 2. The number of rotatable bonds is 2. The zero-order chi connectivity index (χ0) is 12.6. The Hall–Kier alpha value is -2.51. The highest BCUT2D eigenvalue weighted by molar-refractivity contribution is 5.70. The van der Waals surface area contributed by atoms with Crippen molar-refractivity contribution in [2.75, 3.05) is 6.61 Å². The average Bonchev–Trinajstić information content (AvgIpc) is 2.68. The van der Waals surface area contributed by atoms with Gasteiger partial charge in [-0.15, -0.1) is 0 Å². The molecule has 1 aromatic carbocycles. The largest absolute Gasteiger partial charge is 0.504 e. The summed E-state index contributed by atoms with van der Waals surface area (Å²) in [4.78, 5) is 20.6. The number of alkyl carbamates (subject to hydrolysis) is 1. The van der Waals surface area contributed by atoms with E-state index < -0.39 is 34.2 Å². The van der Waals surface area contributed by atoms with Gasteiger partial charge >= 0.3 is 11.8 Å². The second-order valence-corrected chi connectivity index (χ2v) is 3.46. The van der Waals surface area contributed by atoms with Crippen molar-refractivity contribution in [2.45, 2.75) is 6.04 Å². The summed E-state index contributed by atoms with van der Waals surface area (Å²) in [6.07, 6.45) is -0.634. The molecular weight excluding hydrogens is 232 g/mol. The van der Waals surface area contributed by atoms with E-state index in [0.717, 1.165) is 12.1 Å². The van der Waals surface area contributed by atoms with Gasteiger partial charge in [0.2, 0.25) is 5.75 Å². The number of cyclic esters (lactones) is 1. The molecule has 0 unspecified atom stereocenters. The van der Waals surface area contributed by atoms with E-state index in [4.69, 9.17) is 0 Å². The highest BCUT2D eigenvalue weighted by atomic mass is 16.6. The number of hydrogen-bond acceptors (Lipinski definition) is 6. The molecule has 8 heteroatoms. The van der Waals surface area contributed by atoms with Crippen LogP contribution in [-0.4, -0.2) is 27.8 Å². The molecule has 1 heterocycles. The van der Waals surface area contributed by atoms with Gasteiger partial charge in [-0.2, -0.15) is 0 Å². The van der Waals surface area contributed by atoms with Crippen LogP contribution >= 0.6 is 0 Å². The molecule has 1 amide bonds. The smallest absolute Gasteiger partial charge is 0.407 e. The maximum absolute atomic E-state index is 10.8. The first-order chi connectivity index (χ1) is 7.99. The Kier molecular flexibility index (Phi) is 2.47. The second kappa shape index (κ2) is 3.81. The van der Waals surface area contributed by atoms with Crippen LogP contribution in [0.3, 0.4) is 0 Å². The first kappa shape index (κ1) is 11.0. The molecule has 1 aliphatic rings. The van der Waals surface area contributed by atoms with Crippen molar-refractivity contribution in [2.24, 2.45) is 0 Å². The third kappa shape index (κ3) is 1.92. The van der Waals surface area contributed by atoms with Gasteiger partial charge in [-0.25, -0.2) is 4.79 Å². The zero-order valence-electron chi connectivity index (χ0n) is 8.41. The van der Waals surface area contributed by atoms with E-state index in [1.807, 2.05) is 0 Å². The molecule has 0 bridgehead atoms. The number of nitro groups is 1. The van der Waals surface area contributed by atoms with Crippen molar-refractivity contribution in [3.05, 3.63) is 27.8 Å². The fourth-order valence-electron chi connectivity index (χ4n) is 1.53. The Labute approximate surface area is 94.6 Å². The molecular formula is C9H8N2O6. The molecule has 1 saturated heterocycles. The summed E-state index contributed by atoms with van der Waals surface area (Å²) in [5.41, 5.74) is -0.334. The van der Waals surface area contributed by atoms with Crippen molar-refractivity contribution >= 4 is 11.8 Å². The summed E-state index contributed by atoms with van der Waals surface area (Å²) >= 11 is 0. The quantitative estimate of drug-likeness (QED) is 0.399. The number of phenols is 2. The molecule has 0 aromatic heterocycles. The minimum absolute atomic E-state index is 0.0141. The fraction of sp³-hybridized carbons (Fsp3) is 0.222. The molecule has 0 spiro atoms. The molecule has 0 saturated carbocycles. The Bertz CT molecular complexity index is 501. The van der Waals surface area contributed by atoms with E-state index >= 15 is 0 Å². The molecule has 17 heavy (non-hydrogen) atoms. The van der Waals surface area contributed by atoms with E-state index in [1.54, 1.807) is 0 Å². The zero-order valence-corrected chi connectivity index (χ0v) is 8.41. The highest BCUT2D eigenvalue weighted by Gasteiger charge is 2.28. The number of aromatic hydroxyl groups is 2. The second-order valence-electron chi connectivity index (χ2n) is 3.46. The first-order valence-electron chi connectivity index (χ1n) is 4.62. The third-order valence-corrected chi connectivity index (χ3v) is 2.36. The van der Waals surface area contributed by atoms with Gasteiger partial charge in [-0.1, -0.05) is 0 Å². The van der Waals surface area contributed by atoms with Gasteiger partial charge in [0.1, 0.15) is 6.61 Å². The van der Waals surface area contributed by atoms with Gasteiger partial charge in [0, 0.05) is 6.07 Å². The Balaban J connectivity index is 2.42. The van der Waals surface area contributed by atoms with Crippen LogP contribution in [0.25, 0.3) is 0 Å². The Morgan fingerprint density at radius 1 is 1.47 bits per heavy atom. The predicted molar refractivity (Wildman–Crippen MR) is 53.7 cm³/mol. The van der Waals surface area contributed by atoms with Crippen LogP contribution in [0.15, 0.2) is 12.1 Å². The van der Waals surface area contributed by atoms with Crippen molar-refractivity contribution in [1.82, 2.24) is 5.32 Å². The summed E-state index contributed by atoms with van der Waals surface area (Å²) in [6, 6.07) is 1.64. The van der Waals surface area contributed by atoms with Gasteiger partial charge in [0.25, 0.3) is 0 Å². The third-order valence-electron chi connectivity index (χ3n) is 2.36. The van der Waals surface area contributed by atoms with E-state index in [9.17, 15) is 25.1 Å². The number of nitrogens with one attached hydrogen (secondary N) is 1. The van der Waals surface area contributed by atoms with E-state index in [0.29, 0.717) is 0 Å². The monoisotopic (exact) mass is 240 g/mol. The topological polar surface area (TPSA) is 122 Å². The van der Waals surface area contributed by atoms with Gasteiger partial charge in [0.15, 0.2) is 5.75 Å². The number of benzene rings is 1. The summed E-state index contributed by atoms with van der Waals surface area (Å²) in [6.45, 7) is 0.0141.